The Morgan fingerprint density at radius 1 is 1.12 bits per heavy atom. The number of nitrogens with one attached hydrogen (secondary N) is 1. The van der Waals surface area contributed by atoms with Crippen molar-refractivity contribution in [3.8, 4) is 5.75 Å². The normalized spacial score (nSPS) is 19.1. The molecular formula is C18H14N2O5S. The van der Waals surface area contributed by atoms with Crippen LogP contribution in [0.4, 0.5) is 0 Å². The van der Waals surface area contributed by atoms with Crippen molar-refractivity contribution in [2.45, 2.75) is 6.54 Å². The van der Waals surface area contributed by atoms with Crippen LogP contribution in [0.2, 0.25) is 0 Å². The summed E-state index contributed by atoms with van der Waals surface area (Å²) < 4.78 is 32.1. The zero-order valence-electron chi connectivity index (χ0n) is 13.4. The van der Waals surface area contributed by atoms with Gasteiger partial charge in [0.2, 0.25) is 11.7 Å². The monoisotopic (exact) mass is 370 g/mol. The number of aliphatic hydroxyl groups is 1. The molecule has 0 radical (unpaired) electrons. The molecule has 0 saturated heterocycles. The van der Waals surface area contributed by atoms with Crippen molar-refractivity contribution in [3.63, 3.8) is 0 Å². The van der Waals surface area contributed by atoms with Gasteiger partial charge in [0.25, 0.3) is 0 Å². The van der Waals surface area contributed by atoms with E-state index in [0.717, 1.165) is 21.6 Å². The number of allylic oxidation sites excluding steroid dienone is 1. The van der Waals surface area contributed by atoms with Crippen LogP contribution in [0.1, 0.15) is 21.5 Å². The maximum absolute atomic E-state index is 12.3. The Morgan fingerprint density at radius 2 is 1.85 bits per heavy atom. The molecule has 0 atom stereocenters. The first kappa shape index (κ1) is 16.2. The minimum absolute atomic E-state index is 0.0805. The molecule has 0 spiro atoms. The van der Waals surface area contributed by atoms with E-state index in [9.17, 15) is 18.3 Å². The summed E-state index contributed by atoms with van der Waals surface area (Å²) in [6.45, 7) is 0.0805. The van der Waals surface area contributed by atoms with Gasteiger partial charge in [-0.1, -0.05) is 36.4 Å². The summed E-state index contributed by atoms with van der Waals surface area (Å²) in [5, 5.41) is 9.29. The summed E-state index contributed by atoms with van der Waals surface area (Å²) in [7, 11) is -3.74. The average Bonchev–Trinajstić information content (AvgIpc) is 3.05. The lowest BCUT2D eigenvalue weighted by Gasteiger charge is -2.13. The van der Waals surface area contributed by atoms with E-state index < -0.39 is 16.1 Å². The smallest absolute Gasteiger partial charge is 0.326 e. The van der Waals surface area contributed by atoms with E-state index in [0.29, 0.717) is 11.3 Å². The minimum Gasteiger partial charge on any atom is -0.493 e. The molecule has 2 aliphatic rings. The number of rotatable bonds is 3. The van der Waals surface area contributed by atoms with Gasteiger partial charge in [-0.25, -0.2) is 4.72 Å². The number of benzene rings is 2. The van der Waals surface area contributed by atoms with Crippen molar-refractivity contribution in [1.29, 1.82) is 0 Å². The van der Waals surface area contributed by atoms with Crippen LogP contribution in [0, 0.1) is 0 Å². The van der Waals surface area contributed by atoms with E-state index in [1.165, 1.54) is 0 Å². The number of ether oxygens (including phenoxy) is 1. The van der Waals surface area contributed by atoms with Gasteiger partial charge in [-0.05, 0) is 29.3 Å². The second kappa shape index (κ2) is 5.92. The van der Waals surface area contributed by atoms with Crippen LogP contribution in [-0.4, -0.2) is 23.6 Å². The molecule has 7 nitrogen and oxygen atoms in total. The van der Waals surface area contributed by atoms with Gasteiger partial charge in [0.15, 0.2) is 5.76 Å². The highest BCUT2D eigenvalue weighted by Crippen LogP contribution is 2.31. The fourth-order valence-corrected chi connectivity index (χ4v) is 3.73. The molecule has 2 N–H and O–H groups in total. The summed E-state index contributed by atoms with van der Waals surface area (Å²) in [4.78, 5) is 12.3. The van der Waals surface area contributed by atoms with Crippen LogP contribution in [-0.2, 0) is 16.8 Å². The third-order valence-electron chi connectivity index (χ3n) is 4.00. The molecule has 0 saturated carbocycles. The van der Waals surface area contributed by atoms with E-state index in [1.807, 2.05) is 4.72 Å². The Bertz CT molecular complexity index is 1060. The summed E-state index contributed by atoms with van der Waals surface area (Å²) in [5.74, 6) is 0.208. The molecule has 26 heavy (non-hydrogen) atoms. The lowest BCUT2D eigenvalue weighted by atomic mass is 10.1. The molecule has 0 fully saturated rings. The van der Waals surface area contributed by atoms with Crippen molar-refractivity contribution < 1.29 is 23.1 Å². The lowest BCUT2D eigenvalue weighted by Crippen LogP contribution is -2.29. The Balaban J connectivity index is 1.52. The molecule has 0 bridgehead atoms. The average molecular weight is 370 g/mol. The van der Waals surface area contributed by atoms with Gasteiger partial charge in [-0.2, -0.15) is 8.42 Å². The molecule has 0 aromatic heterocycles. The number of para-hydroxylation sites is 1. The topological polar surface area (TPSA) is 95.9 Å². The van der Waals surface area contributed by atoms with Crippen molar-refractivity contribution in [3.05, 3.63) is 83.1 Å². The van der Waals surface area contributed by atoms with E-state index in [-0.39, 0.29) is 18.1 Å². The predicted molar refractivity (Wildman–Crippen MR) is 94.1 cm³/mol. The van der Waals surface area contributed by atoms with E-state index in [2.05, 4.69) is 0 Å². The molecule has 2 aromatic rings. The number of hydrogen-bond donors (Lipinski definition) is 2. The number of carbonyl (C=O) groups excluding carboxylic acids is 1. The first-order chi connectivity index (χ1) is 12.4. The summed E-state index contributed by atoms with van der Waals surface area (Å²) in [5.41, 5.74) is 2.02. The van der Waals surface area contributed by atoms with Crippen molar-refractivity contribution in [2.24, 2.45) is 0 Å². The number of carbonyl (C=O) groups is 1. The van der Waals surface area contributed by atoms with Gasteiger partial charge in [0.1, 0.15) is 5.75 Å². The molecule has 132 valence electrons. The second-order valence-electron chi connectivity index (χ2n) is 5.84. The molecule has 0 unspecified atom stereocenters. The highest BCUT2D eigenvalue weighted by molar-refractivity contribution is 7.87. The number of fused-ring (bicyclic) bond motifs is 1. The first-order valence-corrected chi connectivity index (χ1v) is 9.19. The number of nitrogens with zero attached hydrogens (tertiary/aromatic N) is 1. The van der Waals surface area contributed by atoms with Gasteiger partial charge >= 0.3 is 10.2 Å². The van der Waals surface area contributed by atoms with E-state index in [1.54, 1.807) is 54.6 Å². The van der Waals surface area contributed by atoms with Gasteiger partial charge in [-0.15, -0.1) is 0 Å². The molecule has 2 aromatic carbocycles. The number of Topliss-reactive ketones (excluding diaryl/α,β-unsaturated/α-hetero) is 1. The predicted octanol–water partition coefficient (Wildman–Crippen LogP) is 2.31. The van der Waals surface area contributed by atoms with Crippen molar-refractivity contribution in [2.75, 3.05) is 0 Å². The van der Waals surface area contributed by atoms with Crippen LogP contribution in [0.15, 0.2) is 66.4 Å². The number of ketones is 1. The zero-order chi connectivity index (χ0) is 18.3. The fraction of sp³-hybridized carbons (Fsp3) is 0.0556. The summed E-state index contributed by atoms with van der Waals surface area (Å²) >= 11 is 0. The molecule has 8 heteroatoms. The van der Waals surface area contributed by atoms with Gasteiger partial charge in [0, 0.05) is 0 Å². The Hall–Kier alpha value is -3.26. The number of hydrogen-bond acceptors (Lipinski definition) is 5. The summed E-state index contributed by atoms with van der Waals surface area (Å²) in [6.07, 6.45) is 2.76. The van der Waals surface area contributed by atoms with Crippen LogP contribution < -0.4 is 9.46 Å². The van der Waals surface area contributed by atoms with Crippen LogP contribution in [0.3, 0.4) is 0 Å². The molecular weight excluding hydrogens is 356 g/mol. The Kier molecular flexibility index (Phi) is 3.69. The zero-order valence-corrected chi connectivity index (χ0v) is 14.2. The maximum Gasteiger partial charge on any atom is 0.326 e. The third-order valence-corrected chi connectivity index (χ3v) is 5.32. The van der Waals surface area contributed by atoms with Gasteiger partial charge < -0.3 is 9.84 Å². The van der Waals surface area contributed by atoms with Crippen LogP contribution >= 0.6 is 0 Å². The molecule has 0 aliphatic carbocycles. The highest BCUT2D eigenvalue weighted by atomic mass is 32.2. The quantitative estimate of drug-likeness (QED) is 0.809. The van der Waals surface area contributed by atoms with Gasteiger partial charge in [0.05, 0.1) is 18.3 Å². The second-order valence-corrected chi connectivity index (χ2v) is 7.47. The molecule has 0 amide bonds. The van der Waals surface area contributed by atoms with Crippen molar-refractivity contribution >= 4 is 22.1 Å². The summed E-state index contributed by atoms with van der Waals surface area (Å²) in [6, 6.07) is 14.1. The Labute approximate surface area is 150 Å². The van der Waals surface area contributed by atoms with Crippen LogP contribution in [0.5, 0.6) is 5.75 Å². The number of aliphatic hydroxyl groups excluding tert-OH is 1. The van der Waals surface area contributed by atoms with Crippen LogP contribution in [0.25, 0.3) is 6.08 Å². The maximum atomic E-state index is 12.3. The van der Waals surface area contributed by atoms with Gasteiger partial charge in [-0.3, -0.25) is 9.10 Å². The third kappa shape index (κ3) is 2.91. The largest absolute Gasteiger partial charge is 0.493 e. The Morgan fingerprint density at radius 3 is 2.50 bits per heavy atom. The standard InChI is InChI=1S/C18H14N2O5S/c21-17-11-20(26(23,24)19-17)10-13-7-5-12(6-8-13)9-16-18(22)14-3-1-2-4-15(14)25-16/h1-9,11,19,21H,10H2. The minimum atomic E-state index is -3.74. The van der Waals surface area contributed by atoms with E-state index in [4.69, 9.17) is 4.74 Å². The SMILES string of the molecule is O=C1C(=Cc2ccc(CN3C=C(O)NS3(=O)=O)cc2)Oc2ccccc21. The van der Waals surface area contributed by atoms with E-state index >= 15 is 0 Å². The first-order valence-electron chi connectivity index (χ1n) is 7.75. The van der Waals surface area contributed by atoms with Crippen molar-refractivity contribution in [1.82, 2.24) is 9.03 Å². The highest BCUT2D eigenvalue weighted by Gasteiger charge is 2.28. The molecule has 2 heterocycles. The fourth-order valence-electron chi connectivity index (χ4n) is 2.74. The molecule has 4 rings (SSSR count). The molecule has 2 aliphatic heterocycles. The lowest BCUT2D eigenvalue weighted by molar-refractivity contribution is 0.101.